The van der Waals surface area contributed by atoms with Gasteiger partial charge in [0.25, 0.3) is 0 Å². The van der Waals surface area contributed by atoms with E-state index in [1.807, 2.05) is 0 Å². The fourth-order valence-electron chi connectivity index (χ4n) is 1.36. The molecule has 2 heterocycles. The van der Waals surface area contributed by atoms with Crippen LogP contribution in [0.2, 0.25) is 0 Å². The van der Waals surface area contributed by atoms with Crippen molar-refractivity contribution in [3.8, 4) is 0 Å². The Hall–Kier alpha value is -1.14. The molecular weight excluding hydrogens is 172 g/mol. The molecule has 1 aromatic heterocycles. The molecule has 1 aromatic rings. The van der Waals surface area contributed by atoms with Gasteiger partial charge in [-0.2, -0.15) is 5.10 Å². The van der Waals surface area contributed by atoms with Crippen LogP contribution in [0.1, 0.15) is 0 Å². The van der Waals surface area contributed by atoms with Crippen LogP contribution in [0.3, 0.4) is 0 Å². The van der Waals surface area contributed by atoms with Gasteiger partial charge in [-0.3, -0.25) is 4.57 Å². The number of rotatable bonds is 2. The molecule has 13 heavy (non-hydrogen) atoms. The minimum Gasteiger partial charge on any atom is -0.374 e. The minimum absolute atomic E-state index is 0.0732. The van der Waals surface area contributed by atoms with E-state index < -0.39 is 0 Å². The molecule has 0 bridgehead atoms. The zero-order valence-electron chi connectivity index (χ0n) is 7.19. The molecule has 6 heteroatoms. The van der Waals surface area contributed by atoms with Crippen LogP contribution in [0.15, 0.2) is 11.1 Å². The summed E-state index contributed by atoms with van der Waals surface area (Å²) in [7, 11) is 0. The quantitative estimate of drug-likeness (QED) is 0.590. The first-order chi connectivity index (χ1) is 6.36. The van der Waals surface area contributed by atoms with Gasteiger partial charge in [-0.1, -0.05) is 0 Å². The number of nitrogens with one attached hydrogen (secondary N) is 2. The van der Waals surface area contributed by atoms with Gasteiger partial charge in [0, 0.05) is 13.1 Å². The Bertz CT molecular complexity index is 312. The Labute approximate surface area is 74.9 Å². The average molecular weight is 184 g/mol. The van der Waals surface area contributed by atoms with Crippen LogP contribution in [-0.2, 0) is 11.3 Å². The van der Waals surface area contributed by atoms with Gasteiger partial charge < -0.3 is 10.1 Å². The second kappa shape index (κ2) is 3.71. The Kier molecular flexibility index (Phi) is 2.42. The van der Waals surface area contributed by atoms with Gasteiger partial charge in [-0.15, -0.1) is 0 Å². The first kappa shape index (κ1) is 8.46. The van der Waals surface area contributed by atoms with Gasteiger partial charge >= 0.3 is 5.69 Å². The molecule has 1 aliphatic rings. The SMILES string of the molecule is O=c1[nH]ncn1CC1CNCCO1. The molecule has 72 valence electrons. The summed E-state index contributed by atoms with van der Waals surface area (Å²) in [5.41, 5.74) is -0.186. The van der Waals surface area contributed by atoms with E-state index in [1.165, 1.54) is 10.9 Å². The first-order valence-electron chi connectivity index (χ1n) is 4.28. The van der Waals surface area contributed by atoms with E-state index in [1.54, 1.807) is 0 Å². The third-order valence-electron chi connectivity index (χ3n) is 2.02. The topological polar surface area (TPSA) is 71.9 Å². The summed E-state index contributed by atoms with van der Waals surface area (Å²) in [4.78, 5) is 11.1. The number of nitrogens with zero attached hydrogens (tertiary/aromatic N) is 2. The maximum atomic E-state index is 11.1. The van der Waals surface area contributed by atoms with E-state index in [4.69, 9.17) is 4.74 Å². The van der Waals surface area contributed by atoms with Crippen LogP contribution in [0.5, 0.6) is 0 Å². The maximum absolute atomic E-state index is 11.1. The molecule has 0 amide bonds. The largest absolute Gasteiger partial charge is 0.374 e. The van der Waals surface area contributed by atoms with Crippen molar-refractivity contribution in [1.82, 2.24) is 20.1 Å². The van der Waals surface area contributed by atoms with Crippen molar-refractivity contribution in [3.63, 3.8) is 0 Å². The van der Waals surface area contributed by atoms with Crippen molar-refractivity contribution in [2.24, 2.45) is 0 Å². The minimum atomic E-state index is -0.186. The van der Waals surface area contributed by atoms with Gasteiger partial charge in [-0.25, -0.2) is 9.89 Å². The molecular formula is C7H12N4O2. The lowest BCUT2D eigenvalue weighted by Crippen LogP contribution is -2.41. The highest BCUT2D eigenvalue weighted by molar-refractivity contribution is 4.71. The van der Waals surface area contributed by atoms with Crippen molar-refractivity contribution < 1.29 is 4.74 Å². The predicted octanol–water partition coefficient (Wildman–Crippen LogP) is -1.44. The van der Waals surface area contributed by atoms with Gasteiger partial charge in [0.15, 0.2) is 0 Å². The summed E-state index contributed by atoms with van der Waals surface area (Å²) in [6, 6.07) is 0. The van der Waals surface area contributed by atoms with Crippen LogP contribution in [0.25, 0.3) is 0 Å². The summed E-state index contributed by atoms with van der Waals surface area (Å²) in [5, 5.41) is 9.17. The molecule has 0 saturated carbocycles. The monoisotopic (exact) mass is 184 g/mol. The molecule has 0 aliphatic carbocycles. The molecule has 6 nitrogen and oxygen atoms in total. The van der Waals surface area contributed by atoms with E-state index in [2.05, 4.69) is 15.5 Å². The highest BCUT2D eigenvalue weighted by Gasteiger charge is 2.14. The van der Waals surface area contributed by atoms with Gasteiger partial charge in [0.05, 0.1) is 19.3 Å². The zero-order valence-corrected chi connectivity index (χ0v) is 7.19. The third kappa shape index (κ3) is 1.96. The molecule has 0 radical (unpaired) electrons. The van der Waals surface area contributed by atoms with Crippen LogP contribution in [-0.4, -0.2) is 40.6 Å². The van der Waals surface area contributed by atoms with E-state index in [-0.39, 0.29) is 11.8 Å². The van der Waals surface area contributed by atoms with Crippen molar-refractivity contribution >= 4 is 0 Å². The lowest BCUT2D eigenvalue weighted by atomic mass is 10.3. The zero-order chi connectivity index (χ0) is 9.10. The fourth-order valence-corrected chi connectivity index (χ4v) is 1.36. The van der Waals surface area contributed by atoms with Gasteiger partial charge in [0.2, 0.25) is 0 Å². The summed E-state index contributed by atoms with van der Waals surface area (Å²) >= 11 is 0. The maximum Gasteiger partial charge on any atom is 0.343 e. The van der Waals surface area contributed by atoms with E-state index >= 15 is 0 Å². The Morgan fingerprint density at radius 2 is 2.69 bits per heavy atom. The van der Waals surface area contributed by atoms with E-state index in [0.717, 1.165) is 13.1 Å². The molecule has 0 aromatic carbocycles. The molecule has 2 rings (SSSR count). The highest BCUT2D eigenvalue weighted by atomic mass is 16.5. The second-order valence-electron chi connectivity index (χ2n) is 3.01. The molecule has 1 fully saturated rings. The summed E-state index contributed by atoms with van der Waals surface area (Å²) in [5.74, 6) is 0. The molecule has 1 atom stereocenters. The Morgan fingerprint density at radius 3 is 3.31 bits per heavy atom. The highest BCUT2D eigenvalue weighted by Crippen LogP contribution is 1.97. The Balaban J connectivity index is 1.97. The van der Waals surface area contributed by atoms with Crippen LogP contribution < -0.4 is 11.0 Å². The Morgan fingerprint density at radius 1 is 1.77 bits per heavy atom. The van der Waals surface area contributed by atoms with E-state index in [9.17, 15) is 4.79 Å². The summed E-state index contributed by atoms with van der Waals surface area (Å²) in [6.07, 6.45) is 1.56. The van der Waals surface area contributed by atoms with Crippen molar-refractivity contribution in [1.29, 1.82) is 0 Å². The fraction of sp³-hybridized carbons (Fsp3) is 0.714. The molecule has 0 spiro atoms. The number of morpholine rings is 1. The average Bonchev–Trinajstić information content (AvgIpc) is 2.54. The van der Waals surface area contributed by atoms with Crippen molar-refractivity contribution in [2.45, 2.75) is 12.6 Å². The van der Waals surface area contributed by atoms with Crippen molar-refractivity contribution in [2.75, 3.05) is 19.7 Å². The predicted molar refractivity (Wildman–Crippen MR) is 45.5 cm³/mol. The third-order valence-corrected chi connectivity index (χ3v) is 2.02. The number of aromatic nitrogens is 3. The normalized spacial score (nSPS) is 23.2. The lowest BCUT2D eigenvalue weighted by molar-refractivity contribution is 0.0176. The smallest absolute Gasteiger partial charge is 0.343 e. The molecule has 1 aliphatic heterocycles. The van der Waals surface area contributed by atoms with Gasteiger partial charge in [0.1, 0.15) is 6.33 Å². The van der Waals surface area contributed by atoms with Crippen LogP contribution >= 0.6 is 0 Å². The number of hydrogen-bond acceptors (Lipinski definition) is 4. The van der Waals surface area contributed by atoms with E-state index in [0.29, 0.717) is 13.2 Å². The van der Waals surface area contributed by atoms with Crippen molar-refractivity contribution in [3.05, 3.63) is 16.8 Å². The van der Waals surface area contributed by atoms with Gasteiger partial charge in [-0.05, 0) is 0 Å². The molecule has 1 saturated heterocycles. The number of aromatic amines is 1. The molecule has 1 unspecified atom stereocenters. The summed E-state index contributed by atoms with van der Waals surface area (Å²) < 4.78 is 6.95. The number of H-pyrrole nitrogens is 1. The van der Waals surface area contributed by atoms with Crippen LogP contribution in [0.4, 0.5) is 0 Å². The standard InChI is InChI=1S/C7H12N4O2/c12-7-10-9-5-11(7)4-6-3-8-1-2-13-6/h5-6,8H,1-4H2,(H,10,12). The molecule has 2 N–H and O–H groups in total. The summed E-state index contributed by atoms with van der Waals surface area (Å²) in [6.45, 7) is 2.94. The van der Waals surface area contributed by atoms with Crippen LogP contribution in [0, 0.1) is 0 Å². The number of hydrogen-bond donors (Lipinski definition) is 2. The number of ether oxygens (including phenoxy) is 1. The first-order valence-corrected chi connectivity index (χ1v) is 4.28. The lowest BCUT2D eigenvalue weighted by Gasteiger charge is -2.23. The second-order valence-corrected chi connectivity index (χ2v) is 3.01.